The number of carbonyl (C=O) groups excluding carboxylic acids is 2. The molecule has 0 aromatic carbocycles. The standard InChI is InChI=1S/C19H24N4O3/c1-2-14-5-3-4-8-23(14)19(25)17-15-6-9-22(11-16(15)20-21-17)18(24)13-7-10-26-12-13/h7,10,12,14H,2-6,8-9,11H2,1H3,(H,20,21). The third-order valence-electron chi connectivity index (χ3n) is 5.55. The molecule has 7 nitrogen and oxygen atoms in total. The highest BCUT2D eigenvalue weighted by molar-refractivity contribution is 5.95. The smallest absolute Gasteiger partial charge is 0.274 e. The molecule has 0 aliphatic carbocycles. The number of fused-ring (bicyclic) bond motifs is 1. The maximum atomic E-state index is 13.1. The summed E-state index contributed by atoms with van der Waals surface area (Å²) < 4.78 is 5.00. The van der Waals surface area contributed by atoms with Gasteiger partial charge in [0.15, 0.2) is 5.69 Å². The Labute approximate surface area is 152 Å². The Kier molecular flexibility index (Phi) is 4.53. The molecule has 0 radical (unpaired) electrons. The van der Waals surface area contributed by atoms with E-state index in [1.54, 1.807) is 11.0 Å². The van der Waals surface area contributed by atoms with Crippen LogP contribution < -0.4 is 0 Å². The molecule has 138 valence electrons. The molecule has 1 atom stereocenters. The van der Waals surface area contributed by atoms with E-state index in [0.717, 1.165) is 37.1 Å². The first-order valence-corrected chi connectivity index (χ1v) is 9.37. The van der Waals surface area contributed by atoms with Crippen LogP contribution >= 0.6 is 0 Å². The van der Waals surface area contributed by atoms with E-state index in [9.17, 15) is 9.59 Å². The van der Waals surface area contributed by atoms with Crippen molar-refractivity contribution in [1.29, 1.82) is 0 Å². The van der Waals surface area contributed by atoms with Crippen LogP contribution in [0.5, 0.6) is 0 Å². The first-order valence-electron chi connectivity index (χ1n) is 9.37. The largest absolute Gasteiger partial charge is 0.472 e. The number of hydrogen-bond donors (Lipinski definition) is 1. The average Bonchev–Trinajstić information content (AvgIpc) is 3.36. The van der Waals surface area contributed by atoms with Gasteiger partial charge in [0.05, 0.1) is 24.1 Å². The van der Waals surface area contributed by atoms with E-state index in [2.05, 4.69) is 17.1 Å². The lowest BCUT2D eigenvalue weighted by Gasteiger charge is -2.35. The van der Waals surface area contributed by atoms with Gasteiger partial charge in [-0.25, -0.2) is 0 Å². The van der Waals surface area contributed by atoms with Crippen LogP contribution in [-0.2, 0) is 13.0 Å². The van der Waals surface area contributed by atoms with Crippen LogP contribution in [0.3, 0.4) is 0 Å². The van der Waals surface area contributed by atoms with Gasteiger partial charge in [0.1, 0.15) is 6.26 Å². The normalized spacial score (nSPS) is 20.1. The van der Waals surface area contributed by atoms with Crippen LogP contribution in [0.2, 0.25) is 0 Å². The topological polar surface area (TPSA) is 82.4 Å². The SMILES string of the molecule is CCC1CCCCN1C(=O)c1n[nH]c2c1CCN(C(=O)c1ccoc1)C2. The minimum Gasteiger partial charge on any atom is -0.472 e. The number of aromatic nitrogens is 2. The van der Waals surface area contributed by atoms with Crippen molar-refractivity contribution < 1.29 is 14.0 Å². The summed E-state index contributed by atoms with van der Waals surface area (Å²) in [6.07, 6.45) is 7.89. The summed E-state index contributed by atoms with van der Waals surface area (Å²) >= 11 is 0. The van der Waals surface area contributed by atoms with Crippen LogP contribution in [0.1, 0.15) is 64.7 Å². The van der Waals surface area contributed by atoms with Gasteiger partial charge in [-0.05, 0) is 38.2 Å². The molecule has 2 aliphatic heterocycles. The second-order valence-corrected chi connectivity index (χ2v) is 7.07. The third kappa shape index (κ3) is 2.91. The quantitative estimate of drug-likeness (QED) is 0.916. The number of likely N-dealkylation sites (tertiary alicyclic amines) is 1. The zero-order valence-electron chi connectivity index (χ0n) is 15.0. The fourth-order valence-electron chi connectivity index (χ4n) is 4.07. The summed E-state index contributed by atoms with van der Waals surface area (Å²) in [5, 5.41) is 7.32. The van der Waals surface area contributed by atoms with Crippen molar-refractivity contribution in [1.82, 2.24) is 20.0 Å². The molecular formula is C19H24N4O3. The summed E-state index contributed by atoms with van der Waals surface area (Å²) in [7, 11) is 0. The fourth-order valence-corrected chi connectivity index (χ4v) is 4.07. The molecule has 26 heavy (non-hydrogen) atoms. The maximum absolute atomic E-state index is 13.1. The first kappa shape index (κ1) is 16.9. The predicted octanol–water partition coefficient (Wildman–Crippen LogP) is 2.61. The summed E-state index contributed by atoms with van der Waals surface area (Å²) in [4.78, 5) is 29.3. The molecule has 2 aromatic rings. The van der Waals surface area contributed by atoms with E-state index in [1.165, 1.54) is 18.9 Å². The van der Waals surface area contributed by atoms with Crippen LogP contribution in [-0.4, -0.2) is 50.9 Å². The Morgan fingerprint density at radius 1 is 1.31 bits per heavy atom. The highest BCUT2D eigenvalue weighted by Gasteiger charge is 2.32. The molecule has 1 fully saturated rings. The van der Waals surface area contributed by atoms with Crippen molar-refractivity contribution >= 4 is 11.8 Å². The molecule has 1 N–H and O–H groups in total. The molecule has 2 aromatic heterocycles. The highest BCUT2D eigenvalue weighted by atomic mass is 16.3. The Bertz CT molecular complexity index is 796. The minimum absolute atomic E-state index is 0.0312. The molecule has 2 aliphatic rings. The predicted molar refractivity (Wildman–Crippen MR) is 94.7 cm³/mol. The number of aromatic amines is 1. The lowest BCUT2D eigenvalue weighted by Crippen LogP contribution is -2.44. The van der Waals surface area contributed by atoms with E-state index >= 15 is 0 Å². The second-order valence-electron chi connectivity index (χ2n) is 7.07. The molecule has 1 unspecified atom stereocenters. The van der Waals surface area contributed by atoms with Crippen molar-refractivity contribution in [3.63, 3.8) is 0 Å². The molecule has 4 heterocycles. The van der Waals surface area contributed by atoms with E-state index in [0.29, 0.717) is 36.8 Å². The fraction of sp³-hybridized carbons (Fsp3) is 0.526. The lowest BCUT2D eigenvalue weighted by atomic mass is 9.98. The van der Waals surface area contributed by atoms with Crippen LogP contribution in [0.4, 0.5) is 0 Å². The molecule has 0 bridgehead atoms. The van der Waals surface area contributed by atoms with Gasteiger partial charge in [0.2, 0.25) is 0 Å². The second kappa shape index (κ2) is 6.97. The number of hydrogen-bond acceptors (Lipinski definition) is 4. The van der Waals surface area contributed by atoms with Gasteiger partial charge in [-0.1, -0.05) is 6.92 Å². The molecule has 2 amide bonds. The Balaban J connectivity index is 1.52. The van der Waals surface area contributed by atoms with E-state index < -0.39 is 0 Å². The van der Waals surface area contributed by atoms with Gasteiger partial charge < -0.3 is 14.2 Å². The van der Waals surface area contributed by atoms with Gasteiger partial charge >= 0.3 is 0 Å². The van der Waals surface area contributed by atoms with Crippen molar-refractivity contribution in [2.75, 3.05) is 13.1 Å². The molecule has 7 heteroatoms. The number of furan rings is 1. The highest BCUT2D eigenvalue weighted by Crippen LogP contribution is 2.26. The summed E-state index contributed by atoms with van der Waals surface area (Å²) in [5.41, 5.74) is 2.91. The summed E-state index contributed by atoms with van der Waals surface area (Å²) in [5.74, 6) is -0.0300. The number of H-pyrrole nitrogens is 1. The monoisotopic (exact) mass is 356 g/mol. The number of nitrogens with zero attached hydrogens (tertiary/aromatic N) is 3. The van der Waals surface area contributed by atoms with Crippen LogP contribution in [0.25, 0.3) is 0 Å². The zero-order valence-corrected chi connectivity index (χ0v) is 15.0. The Morgan fingerprint density at radius 3 is 2.96 bits per heavy atom. The van der Waals surface area contributed by atoms with Crippen molar-refractivity contribution in [3.05, 3.63) is 41.1 Å². The van der Waals surface area contributed by atoms with Crippen molar-refractivity contribution in [2.45, 2.75) is 51.6 Å². The Hall–Kier alpha value is -2.57. The number of piperidine rings is 1. The van der Waals surface area contributed by atoms with Gasteiger partial charge in [-0.2, -0.15) is 5.10 Å². The molecule has 1 saturated heterocycles. The van der Waals surface area contributed by atoms with E-state index in [1.807, 2.05) is 4.90 Å². The van der Waals surface area contributed by atoms with Gasteiger partial charge in [0, 0.05) is 24.7 Å². The molecule has 0 saturated carbocycles. The van der Waals surface area contributed by atoms with E-state index in [4.69, 9.17) is 4.42 Å². The first-order chi connectivity index (χ1) is 12.7. The van der Waals surface area contributed by atoms with Gasteiger partial charge in [0.25, 0.3) is 11.8 Å². The van der Waals surface area contributed by atoms with Crippen molar-refractivity contribution in [3.8, 4) is 0 Å². The average molecular weight is 356 g/mol. The van der Waals surface area contributed by atoms with Gasteiger partial charge in [-0.15, -0.1) is 0 Å². The zero-order chi connectivity index (χ0) is 18.1. The maximum Gasteiger partial charge on any atom is 0.274 e. The molecular weight excluding hydrogens is 332 g/mol. The Morgan fingerprint density at radius 2 is 2.19 bits per heavy atom. The molecule has 0 spiro atoms. The lowest BCUT2D eigenvalue weighted by molar-refractivity contribution is 0.0600. The number of amides is 2. The number of nitrogens with one attached hydrogen (secondary N) is 1. The molecule has 4 rings (SSSR count). The van der Waals surface area contributed by atoms with Gasteiger partial charge in [-0.3, -0.25) is 14.7 Å². The minimum atomic E-state index is -0.0612. The summed E-state index contributed by atoms with van der Waals surface area (Å²) in [6, 6.07) is 1.98. The number of rotatable bonds is 3. The number of carbonyl (C=O) groups is 2. The third-order valence-corrected chi connectivity index (χ3v) is 5.55. The van der Waals surface area contributed by atoms with Crippen molar-refractivity contribution in [2.24, 2.45) is 0 Å². The van der Waals surface area contributed by atoms with Crippen LogP contribution in [0.15, 0.2) is 23.0 Å². The summed E-state index contributed by atoms with van der Waals surface area (Å²) in [6.45, 7) is 3.96. The van der Waals surface area contributed by atoms with Crippen LogP contribution in [0, 0.1) is 0 Å². The van der Waals surface area contributed by atoms with E-state index in [-0.39, 0.29) is 11.8 Å².